The van der Waals surface area contributed by atoms with Gasteiger partial charge in [0.25, 0.3) is 0 Å². The Morgan fingerprint density at radius 1 is 1.31 bits per heavy atom. The molecule has 2 amide bonds. The van der Waals surface area contributed by atoms with E-state index in [9.17, 15) is 14.0 Å². The predicted octanol–water partition coefficient (Wildman–Crippen LogP) is 1.99. The number of nitrogen functional groups attached to an aromatic ring is 1. The molecule has 1 atom stereocenters. The van der Waals surface area contributed by atoms with Gasteiger partial charge in [0.15, 0.2) is 16.9 Å². The molecule has 0 bridgehead atoms. The third-order valence-electron chi connectivity index (χ3n) is 6.42. The zero-order valence-electron chi connectivity index (χ0n) is 18.7. The second kappa shape index (κ2) is 7.55. The summed E-state index contributed by atoms with van der Waals surface area (Å²) in [5, 5.41) is 5.56. The molecule has 1 unspecified atom stereocenters. The largest absolute Gasteiger partial charge is 0.383 e. The van der Waals surface area contributed by atoms with E-state index in [0.717, 1.165) is 18.4 Å². The number of anilines is 2. The normalized spacial score (nSPS) is 19.0. The number of fused-ring (bicyclic) bond motifs is 2. The molecule has 11 heteroatoms. The fraction of sp³-hybridized carbons (Fsp3) is 0.250. The number of nitrogens with zero attached hydrogens (tertiary/aromatic N) is 5. The zero-order valence-corrected chi connectivity index (χ0v) is 18.7. The van der Waals surface area contributed by atoms with Crippen LogP contribution in [0.1, 0.15) is 36.6 Å². The average Bonchev–Trinajstić information content (AvgIpc) is 3.42. The summed E-state index contributed by atoms with van der Waals surface area (Å²) in [5.74, 6) is -0.869. The number of hydrogen-bond acceptors (Lipinski definition) is 7. The Kier molecular flexibility index (Phi) is 4.56. The summed E-state index contributed by atoms with van der Waals surface area (Å²) < 4.78 is 15.5. The summed E-state index contributed by atoms with van der Waals surface area (Å²) in [7, 11) is 0. The summed E-state index contributed by atoms with van der Waals surface area (Å²) in [5.41, 5.74) is 7.36. The maximum absolute atomic E-state index is 13.7. The highest BCUT2D eigenvalue weighted by Crippen LogP contribution is 2.41. The summed E-state index contributed by atoms with van der Waals surface area (Å²) in [6.07, 6.45) is 7.21. The number of nitrogens with one attached hydrogen (secondary N) is 2. The van der Waals surface area contributed by atoms with Gasteiger partial charge in [-0.25, -0.2) is 24.3 Å². The van der Waals surface area contributed by atoms with Gasteiger partial charge >= 0.3 is 0 Å². The average molecular weight is 472 g/mol. The molecule has 1 fully saturated rings. The first-order chi connectivity index (χ1) is 16.8. The van der Waals surface area contributed by atoms with Crippen LogP contribution in [-0.2, 0) is 21.4 Å². The van der Waals surface area contributed by atoms with E-state index in [2.05, 4.69) is 25.6 Å². The van der Waals surface area contributed by atoms with Crippen molar-refractivity contribution in [2.45, 2.75) is 37.6 Å². The van der Waals surface area contributed by atoms with Crippen molar-refractivity contribution in [2.75, 3.05) is 11.1 Å². The summed E-state index contributed by atoms with van der Waals surface area (Å²) >= 11 is 0. The van der Waals surface area contributed by atoms with Crippen LogP contribution in [-0.4, -0.2) is 42.2 Å². The number of halogens is 1. The van der Waals surface area contributed by atoms with E-state index in [1.807, 2.05) is 6.07 Å². The van der Waals surface area contributed by atoms with E-state index in [0.29, 0.717) is 23.5 Å². The van der Waals surface area contributed by atoms with E-state index < -0.39 is 17.2 Å². The SMILES string of the molecule is CC1(C(=O)NC2CC2)C(=O)Nc2nc(-c3cn4ccnc4c(Cc4cccc(F)c4)n3)nc(N)c21. The maximum atomic E-state index is 13.7. The van der Waals surface area contributed by atoms with Crippen LogP contribution in [0.2, 0.25) is 0 Å². The Morgan fingerprint density at radius 2 is 2.14 bits per heavy atom. The van der Waals surface area contributed by atoms with Crippen LogP contribution < -0.4 is 16.4 Å². The van der Waals surface area contributed by atoms with Gasteiger partial charge < -0.3 is 20.8 Å². The molecule has 4 heterocycles. The Labute approximate surface area is 198 Å². The number of aromatic nitrogens is 5. The summed E-state index contributed by atoms with van der Waals surface area (Å²) in [4.78, 5) is 43.8. The minimum Gasteiger partial charge on any atom is -0.383 e. The molecule has 0 radical (unpaired) electrons. The zero-order chi connectivity index (χ0) is 24.3. The first-order valence-corrected chi connectivity index (χ1v) is 11.2. The van der Waals surface area contributed by atoms with Crippen LogP contribution in [0.4, 0.5) is 16.0 Å². The van der Waals surface area contributed by atoms with Crippen molar-refractivity contribution >= 4 is 29.1 Å². The lowest BCUT2D eigenvalue weighted by Crippen LogP contribution is -2.48. The number of nitrogens with two attached hydrogens (primary N) is 1. The van der Waals surface area contributed by atoms with E-state index in [1.165, 1.54) is 19.1 Å². The molecule has 176 valence electrons. The molecule has 2 aliphatic rings. The standard InChI is InChI=1S/C24H21FN8O2/c1-24(22(34)28-14-5-6-14)17-18(26)30-19(31-20(17)32-23(24)35)16-11-33-8-7-27-21(33)15(29-16)10-12-3-2-4-13(25)9-12/h2-4,7-9,11,14H,5-6,10H2,1H3,(H,28,34)(H3,26,30,31,32,35). The lowest BCUT2D eigenvalue weighted by atomic mass is 9.83. The highest BCUT2D eigenvalue weighted by molar-refractivity contribution is 6.21. The smallest absolute Gasteiger partial charge is 0.245 e. The Hall–Kier alpha value is -4.41. The van der Waals surface area contributed by atoms with Crippen molar-refractivity contribution in [2.24, 2.45) is 0 Å². The van der Waals surface area contributed by atoms with Crippen molar-refractivity contribution in [3.8, 4) is 11.5 Å². The van der Waals surface area contributed by atoms with E-state index in [-0.39, 0.29) is 34.9 Å². The molecule has 1 aromatic carbocycles. The highest BCUT2D eigenvalue weighted by atomic mass is 19.1. The van der Waals surface area contributed by atoms with Crippen LogP contribution in [0.5, 0.6) is 0 Å². The van der Waals surface area contributed by atoms with Crippen molar-refractivity contribution in [3.63, 3.8) is 0 Å². The number of imidazole rings is 1. The van der Waals surface area contributed by atoms with Gasteiger partial charge in [-0.1, -0.05) is 12.1 Å². The summed E-state index contributed by atoms with van der Waals surface area (Å²) in [6, 6.07) is 6.36. The fourth-order valence-corrected chi connectivity index (χ4v) is 4.36. The molecule has 6 rings (SSSR count). The Morgan fingerprint density at radius 3 is 2.91 bits per heavy atom. The Bertz CT molecular complexity index is 1530. The number of amides is 2. The molecule has 1 aliphatic heterocycles. The molecular weight excluding hydrogens is 451 g/mol. The molecule has 35 heavy (non-hydrogen) atoms. The van der Waals surface area contributed by atoms with Crippen LogP contribution in [0, 0.1) is 5.82 Å². The lowest BCUT2D eigenvalue weighted by molar-refractivity contribution is -0.133. The Balaban J connectivity index is 1.42. The molecular formula is C24H21FN8O2. The second-order valence-electron chi connectivity index (χ2n) is 9.02. The second-order valence-corrected chi connectivity index (χ2v) is 9.02. The van der Waals surface area contributed by atoms with Gasteiger partial charge in [0.1, 0.15) is 23.1 Å². The first-order valence-electron chi connectivity index (χ1n) is 11.2. The number of carbonyl (C=O) groups is 2. The number of carbonyl (C=O) groups excluding carboxylic acids is 2. The molecule has 3 aromatic heterocycles. The van der Waals surface area contributed by atoms with Crippen molar-refractivity contribution < 1.29 is 14.0 Å². The van der Waals surface area contributed by atoms with E-state index in [1.54, 1.807) is 29.1 Å². The third kappa shape index (κ3) is 3.47. The van der Waals surface area contributed by atoms with Crippen LogP contribution in [0.25, 0.3) is 17.2 Å². The van der Waals surface area contributed by atoms with Crippen molar-refractivity contribution in [1.82, 2.24) is 29.7 Å². The molecule has 1 saturated carbocycles. The van der Waals surface area contributed by atoms with Gasteiger partial charge in [-0.05, 0) is 37.5 Å². The van der Waals surface area contributed by atoms with Gasteiger partial charge in [-0.15, -0.1) is 0 Å². The molecule has 4 aromatic rings. The van der Waals surface area contributed by atoms with Gasteiger partial charge in [0.2, 0.25) is 11.8 Å². The van der Waals surface area contributed by atoms with Crippen molar-refractivity contribution in [3.05, 3.63) is 65.5 Å². The van der Waals surface area contributed by atoms with Crippen LogP contribution in [0.15, 0.2) is 42.9 Å². The third-order valence-corrected chi connectivity index (χ3v) is 6.42. The number of hydrogen-bond donors (Lipinski definition) is 3. The number of rotatable bonds is 5. The quantitative estimate of drug-likeness (QED) is 0.377. The van der Waals surface area contributed by atoms with Gasteiger partial charge in [0, 0.05) is 31.1 Å². The minimum absolute atomic E-state index is 0.0241. The van der Waals surface area contributed by atoms with E-state index in [4.69, 9.17) is 10.7 Å². The predicted molar refractivity (Wildman–Crippen MR) is 125 cm³/mol. The van der Waals surface area contributed by atoms with Gasteiger partial charge in [0.05, 0.1) is 11.3 Å². The fourth-order valence-electron chi connectivity index (χ4n) is 4.36. The maximum Gasteiger partial charge on any atom is 0.245 e. The van der Waals surface area contributed by atoms with E-state index >= 15 is 0 Å². The molecule has 0 saturated heterocycles. The van der Waals surface area contributed by atoms with Gasteiger partial charge in [-0.3, -0.25) is 9.59 Å². The topological polar surface area (TPSA) is 140 Å². The lowest BCUT2D eigenvalue weighted by Gasteiger charge is -2.21. The molecule has 1 aliphatic carbocycles. The minimum atomic E-state index is -1.52. The van der Waals surface area contributed by atoms with Crippen LogP contribution >= 0.6 is 0 Å². The van der Waals surface area contributed by atoms with Crippen LogP contribution in [0.3, 0.4) is 0 Å². The van der Waals surface area contributed by atoms with Gasteiger partial charge in [-0.2, -0.15) is 0 Å². The molecule has 10 nitrogen and oxygen atoms in total. The highest BCUT2D eigenvalue weighted by Gasteiger charge is 2.52. The molecule has 0 spiro atoms. The monoisotopic (exact) mass is 472 g/mol. The first kappa shape index (κ1) is 21.1. The molecule has 4 N–H and O–H groups in total. The number of benzene rings is 1. The van der Waals surface area contributed by atoms with Crippen molar-refractivity contribution in [1.29, 1.82) is 0 Å². The summed E-state index contributed by atoms with van der Waals surface area (Å²) in [6.45, 7) is 1.53.